The first-order valence-corrected chi connectivity index (χ1v) is 8.46. The van der Waals surface area contributed by atoms with Crippen LogP contribution in [0.15, 0.2) is 53.4 Å². The van der Waals surface area contributed by atoms with Gasteiger partial charge in [0, 0.05) is 17.7 Å². The molecule has 3 rings (SSSR count). The van der Waals surface area contributed by atoms with E-state index in [-0.39, 0.29) is 27.0 Å². The van der Waals surface area contributed by atoms with Gasteiger partial charge < -0.3 is 0 Å². The summed E-state index contributed by atoms with van der Waals surface area (Å²) in [6.07, 6.45) is -0.145. The zero-order chi connectivity index (χ0) is 18.2. The first-order valence-electron chi connectivity index (χ1n) is 7.02. The highest BCUT2D eigenvalue weighted by Crippen LogP contribution is 2.23. The average Bonchev–Trinajstić information content (AvgIpc) is 2.72. The summed E-state index contributed by atoms with van der Waals surface area (Å²) in [7, 11) is -4.42. The van der Waals surface area contributed by atoms with Crippen LogP contribution in [0.5, 0.6) is 0 Å². The minimum Gasteiger partial charge on any atom is -0.273 e. The third-order valence-corrected chi connectivity index (χ3v) is 5.20. The van der Waals surface area contributed by atoms with Crippen LogP contribution in [0.3, 0.4) is 0 Å². The van der Waals surface area contributed by atoms with Crippen LogP contribution in [0.4, 0.5) is 5.69 Å². The Balaban J connectivity index is 2.05. The lowest BCUT2D eigenvalue weighted by atomic mass is 10.0. The Hall–Kier alpha value is -3.27. The van der Waals surface area contributed by atoms with E-state index in [1.807, 2.05) is 0 Å². The highest BCUT2D eigenvalue weighted by Gasteiger charge is 2.35. The molecule has 0 atom stereocenters. The van der Waals surface area contributed by atoms with Crippen LogP contribution < -0.4 is 5.43 Å². The molecule has 1 aliphatic heterocycles. The summed E-state index contributed by atoms with van der Waals surface area (Å²) in [4.78, 5) is 34.2. The molecular weight excluding hydrogens is 350 g/mol. The SMILES string of the molecule is O=C1Cc2ccccc2C(=O)N(S(=O)(=O)c2ccc([N+](=O)[O-])cc2)N1. The Morgan fingerprint density at radius 2 is 1.68 bits per heavy atom. The predicted octanol–water partition coefficient (Wildman–Crippen LogP) is 1.01. The van der Waals surface area contributed by atoms with Crippen molar-refractivity contribution in [1.82, 2.24) is 9.84 Å². The Morgan fingerprint density at radius 3 is 2.32 bits per heavy atom. The van der Waals surface area contributed by atoms with Gasteiger partial charge >= 0.3 is 0 Å². The second-order valence-electron chi connectivity index (χ2n) is 5.19. The van der Waals surface area contributed by atoms with E-state index in [9.17, 15) is 28.1 Å². The summed E-state index contributed by atoms with van der Waals surface area (Å²) in [6.45, 7) is 0. The van der Waals surface area contributed by atoms with Gasteiger partial charge in [-0.3, -0.25) is 19.7 Å². The van der Waals surface area contributed by atoms with E-state index in [0.717, 1.165) is 24.3 Å². The monoisotopic (exact) mass is 361 g/mol. The van der Waals surface area contributed by atoms with Crippen molar-refractivity contribution >= 4 is 27.5 Å². The molecule has 1 aliphatic rings. The third-order valence-electron chi connectivity index (χ3n) is 3.60. The maximum atomic E-state index is 12.7. The van der Waals surface area contributed by atoms with Gasteiger partial charge in [0.05, 0.1) is 16.2 Å². The number of carbonyl (C=O) groups excluding carboxylic acids is 2. The molecule has 0 aliphatic carbocycles. The van der Waals surface area contributed by atoms with Crippen molar-refractivity contribution in [2.45, 2.75) is 11.3 Å². The molecule has 10 heteroatoms. The van der Waals surface area contributed by atoms with Crippen LogP contribution in [0.25, 0.3) is 0 Å². The van der Waals surface area contributed by atoms with Crippen molar-refractivity contribution in [3.8, 4) is 0 Å². The lowest BCUT2D eigenvalue weighted by molar-refractivity contribution is -0.384. The molecule has 0 aromatic heterocycles. The normalized spacial score (nSPS) is 14.5. The maximum absolute atomic E-state index is 12.7. The summed E-state index contributed by atoms with van der Waals surface area (Å²) in [6, 6.07) is 10.2. The number of hydrogen-bond acceptors (Lipinski definition) is 6. The van der Waals surface area contributed by atoms with E-state index in [1.54, 1.807) is 18.2 Å². The van der Waals surface area contributed by atoms with Gasteiger partial charge in [0.1, 0.15) is 0 Å². The molecule has 128 valence electrons. The van der Waals surface area contributed by atoms with Crippen molar-refractivity contribution < 1.29 is 22.9 Å². The zero-order valence-electron chi connectivity index (χ0n) is 12.6. The first-order chi connectivity index (χ1) is 11.8. The molecule has 0 fully saturated rings. The minimum atomic E-state index is -4.42. The van der Waals surface area contributed by atoms with Crippen molar-refractivity contribution in [2.24, 2.45) is 0 Å². The number of nitro benzene ring substituents is 1. The lowest BCUT2D eigenvalue weighted by Crippen LogP contribution is -2.48. The first kappa shape index (κ1) is 16.6. The molecule has 25 heavy (non-hydrogen) atoms. The smallest absolute Gasteiger partial charge is 0.273 e. The lowest BCUT2D eigenvalue weighted by Gasteiger charge is -2.20. The molecule has 9 nitrogen and oxygen atoms in total. The van der Waals surface area contributed by atoms with E-state index < -0.39 is 26.8 Å². The second-order valence-corrected chi connectivity index (χ2v) is 6.98. The van der Waals surface area contributed by atoms with Crippen molar-refractivity contribution in [3.63, 3.8) is 0 Å². The van der Waals surface area contributed by atoms with Gasteiger partial charge in [0.2, 0.25) is 5.91 Å². The highest BCUT2D eigenvalue weighted by molar-refractivity contribution is 7.89. The Kier molecular flexibility index (Phi) is 3.97. The fourth-order valence-corrected chi connectivity index (χ4v) is 3.61. The van der Waals surface area contributed by atoms with Crippen LogP contribution in [0.1, 0.15) is 15.9 Å². The van der Waals surface area contributed by atoms with Crippen molar-refractivity contribution in [2.75, 3.05) is 0 Å². The van der Waals surface area contributed by atoms with Crippen LogP contribution in [0.2, 0.25) is 0 Å². The van der Waals surface area contributed by atoms with Crippen molar-refractivity contribution in [3.05, 3.63) is 69.8 Å². The number of nitrogens with one attached hydrogen (secondary N) is 1. The van der Waals surface area contributed by atoms with Gasteiger partial charge in [-0.15, -0.1) is 4.41 Å². The number of hydrazine groups is 1. The molecule has 0 radical (unpaired) electrons. The molecule has 0 saturated heterocycles. The van der Waals surface area contributed by atoms with E-state index in [1.165, 1.54) is 6.07 Å². The summed E-state index contributed by atoms with van der Waals surface area (Å²) >= 11 is 0. The van der Waals surface area contributed by atoms with Gasteiger partial charge in [-0.2, -0.15) is 8.42 Å². The number of hydrogen-bond donors (Lipinski definition) is 1. The molecule has 2 aromatic carbocycles. The van der Waals surface area contributed by atoms with Gasteiger partial charge in [0.15, 0.2) is 0 Å². The van der Waals surface area contributed by atoms with Gasteiger partial charge in [0.25, 0.3) is 21.6 Å². The Morgan fingerprint density at radius 1 is 1.04 bits per heavy atom. The number of nitrogens with zero attached hydrogens (tertiary/aromatic N) is 2. The third kappa shape index (κ3) is 2.94. The van der Waals surface area contributed by atoms with Crippen LogP contribution >= 0.6 is 0 Å². The van der Waals surface area contributed by atoms with Crippen LogP contribution in [-0.4, -0.2) is 29.6 Å². The largest absolute Gasteiger partial charge is 0.287 e. The summed E-state index contributed by atoms with van der Waals surface area (Å²) in [5.74, 6) is -1.57. The zero-order valence-corrected chi connectivity index (χ0v) is 13.4. The number of nitro groups is 1. The fraction of sp³-hybridized carbons (Fsp3) is 0.0667. The number of benzene rings is 2. The Labute approximate surface area is 142 Å². The summed E-state index contributed by atoms with van der Waals surface area (Å²) < 4.78 is 25.7. The number of non-ortho nitro benzene ring substituents is 1. The topological polar surface area (TPSA) is 127 Å². The van der Waals surface area contributed by atoms with Crippen LogP contribution in [0, 0.1) is 10.1 Å². The molecule has 0 spiro atoms. The second kappa shape index (κ2) is 5.98. The molecule has 1 heterocycles. The van der Waals surface area contributed by atoms with E-state index in [4.69, 9.17) is 0 Å². The summed E-state index contributed by atoms with van der Waals surface area (Å²) in [5.41, 5.74) is 2.28. The number of rotatable bonds is 3. The fourth-order valence-electron chi connectivity index (χ4n) is 2.38. The maximum Gasteiger partial charge on any atom is 0.287 e. The Bertz CT molecular complexity index is 985. The standard InChI is InChI=1S/C15H11N3O6S/c19-14-9-10-3-1-2-4-13(10)15(20)17(16-14)25(23,24)12-7-5-11(6-8-12)18(21)22/h1-8H,9H2,(H,16,19). The number of sulfonamides is 1. The van der Waals surface area contributed by atoms with E-state index in [2.05, 4.69) is 5.43 Å². The molecule has 1 N–H and O–H groups in total. The van der Waals surface area contributed by atoms with Crippen LogP contribution in [-0.2, 0) is 21.2 Å². The molecule has 2 aromatic rings. The number of carbonyl (C=O) groups is 2. The summed E-state index contributed by atoms with van der Waals surface area (Å²) in [5, 5.41) is 10.7. The number of amides is 2. The molecule has 2 amide bonds. The van der Waals surface area contributed by atoms with E-state index in [0.29, 0.717) is 5.56 Å². The molecule has 0 unspecified atom stereocenters. The van der Waals surface area contributed by atoms with Gasteiger partial charge in [-0.1, -0.05) is 18.2 Å². The minimum absolute atomic E-state index is 0.0892. The van der Waals surface area contributed by atoms with E-state index >= 15 is 0 Å². The molecular formula is C15H11N3O6S. The molecule has 0 bridgehead atoms. The van der Waals surface area contributed by atoms with Gasteiger partial charge in [-0.25, -0.2) is 5.43 Å². The van der Waals surface area contributed by atoms with Crippen molar-refractivity contribution in [1.29, 1.82) is 0 Å². The molecule has 0 saturated carbocycles. The van der Waals surface area contributed by atoms with Gasteiger partial charge in [-0.05, 0) is 23.8 Å². The number of fused-ring (bicyclic) bond motifs is 1. The average molecular weight is 361 g/mol. The quantitative estimate of drug-likeness (QED) is 0.642. The predicted molar refractivity (Wildman–Crippen MR) is 84.7 cm³/mol. The highest BCUT2D eigenvalue weighted by atomic mass is 32.2.